The molecule has 0 fully saturated rings. The summed E-state index contributed by atoms with van der Waals surface area (Å²) in [5, 5.41) is 11.1. The van der Waals surface area contributed by atoms with Crippen molar-refractivity contribution >= 4 is 77.9 Å². The SMILES string of the molecule is [B]C([B])(Oc1cc2c(cc1OC)C(=O)N1c3ccccc3C[C@H]1C=N2)c1cc([N+](=O)[O-])cc(C([B])([B])Oc2cc3c(cc2OC)C(=O)N2c4ccc(C)cc4C[C@H]2CN3)c1. The number of hydrogen-bond acceptors (Lipinski definition) is 10. The Kier molecular flexibility index (Phi) is 9.25. The number of carbonyl (C=O) groups excluding carboxylic acids is 2. The van der Waals surface area contributed by atoms with Gasteiger partial charge in [-0.2, -0.15) is 0 Å². The molecule has 0 saturated heterocycles. The third kappa shape index (κ3) is 6.52. The van der Waals surface area contributed by atoms with Crippen LogP contribution < -0.4 is 34.1 Å². The van der Waals surface area contributed by atoms with Gasteiger partial charge in [-0.15, -0.1) is 0 Å². The molecule has 17 heteroatoms. The van der Waals surface area contributed by atoms with Crippen LogP contribution in [0.1, 0.15) is 48.5 Å². The van der Waals surface area contributed by atoms with Crippen LogP contribution in [0.4, 0.5) is 28.4 Å². The number of nitro groups is 1. The zero-order valence-corrected chi connectivity index (χ0v) is 32.8. The minimum Gasteiger partial charge on any atom is -0.499 e. The number of ether oxygens (including phenoxy) is 4. The molecule has 60 heavy (non-hydrogen) atoms. The van der Waals surface area contributed by atoms with Crippen molar-refractivity contribution in [3.8, 4) is 23.0 Å². The first-order valence-corrected chi connectivity index (χ1v) is 19.1. The number of fused-ring (bicyclic) bond motifs is 8. The summed E-state index contributed by atoms with van der Waals surface area (Å²) in [6.07, 6.45) is 2.98. The molecule has 290 valence electrons. The van der Waals surface area contributed by atoms with Gasteiger partial charge in [-0.3, -0.25) is 29.6 Å². The maximum atomic E-state index is 14.0. The van der Waals surface area contributed by atoms with E-state index in [9.17, 15) is 19.7 Å². The van der Waals surface area contributed by atoms with Crippen molar-refractivity contribution in [2.75, 3.05) is 35.9 Å². The minimum absolute atomic E-state index is 0.000514. The standard InChI is InChI=1S/C43H33B4N5O8/c1-22-8-9-35-24(10-22)12-29-21-49-33-19-39(37(58-3)17-31(33)41(54)51(29)35)60-43(46,47)26-13-25(14-27(15-26)52(55)56)42(44,45)59-38-18-32-30(16-36(38)57-2)40(53)50-28(20-48-32)11-23-6-4-5-7-34(23)50/h4-10,13-20,28-29,49H,11-12,21H2,1-3H3/t28-,29-/m0/s1. The highest BCUT2D eigenvalue weighted by Crippen LogP contribution is 2.45. The van der Waals surface area contributed by atoms with E-state index in [0.717, 1.165) is 40.2 Å². The van der Waals surface area contributed by atoms with Gasteiger partial charge in [0, 0.05) is 54.8 Å². The molecule has 0 saturated carbocycles. The van der Waals surface area contributed by atoms with E-state index >= 15 is 0 Å². The monoisotopic (exact) mass is 791 g/mol. The number of aliphatic imine (C=N–C) groups is 1. The molecule has 1 N–H and O–H groups in total. The topological polar surface area (TPSA) is 145 Å². The zero-order chi connectivity index (χ0) is 42.2. The highest BCUT2D eigenvalue weighted by Gasteiger charge is 2.40. The number of methoxy groups -OCH3 is 2. The van der Waals surface area contributed by atoms with Gasteiger partial charge in [0.25, 0.3) is 17.5 Å². The van der Waals surface area contributed by atoms with Crippen LogP contribution in [0.3, 0.4) is 0 Å². The van der Waals surface area contributed by atoms with Crippen molar-refractivity contribution in [3.05, 3.63) is 134 Å². The Balaban J connectivity index is 1.02. The van der Waals surface area contributed by atoms with Gasteiger partial charge in [-0.05, 0) is 59.9 Å². The first kappa shape index (κ1) is 38.9. The number of para-hydroxylation sites is 1. The number of nitro benzene ring substituents is 1. The molecule has 0 aliphatic carbocycles. The average molecular weight is 791 g/mol. The number of aryl methyl sites for hydroxylation is 1. The van der Waals surface area contributed by atoms with Crippen LogP contribution in [0.2, 0.25) is 0 Å². The molecule has 2 atom stereocenters. The minimum atomic E-state index is -2.27. The number of nitrogens with one attached hydrogen (secondary N) is 1. The lowest BCUT2D eigenvalue weighted by Crippen LogP contribution is -2.39. The van der Waals surface area contributed by atoms with E-state index in [4.69, 9.17) is 50.3 Å². The maximum Gasteiger partial charge on any atom is 0.270 e. The highest BCUT2D eigenvalue weighted by atomic mass is 16.6. The van der Waals surface area contributed by atoms with Gasteiger partial charge >= 0.3 is 0 Å². The molecular weight excluding hydrogens is 758 g/mol. The fraction of sp³-hybridized carbons (Fsp3) is 0.233. The summed E-state index contributed by atoms with van der Waals surface area (Å²) in [6.45, 7) is 2.46. The van der Waals surface area contributed by atoms with Gasteiger partial charge in [-0.1, -0.05) is 42.0 Å². The van der Waals surface area contributed by atoms with E-state index in [1.807, 2.05) is 43.3 Å². The van der Waals surface area contributed by atoms with Crippen LogP contribution in [0.15, 0.2) is 89.9 Å². The molecular formula is C43H33B4N5O8. The number of nitrogens with zero attached hydrogens (tertiary/aromatic N) is 4. The predicted molar refractivity (Wildman–Crippen MR) is 230 cm³/mol. The first-order chi connectivity index (χ1) is 28.6. The van der Waals surface area contributed by atoms with E-state index in [0.29, 0.717) is 30.6 Å². The smallest absolute Gasteiger partial charge is 0.270 e. The number of anilines is 3. The van der Waals surface area contributed by atoms with Gasteiger partial charge in [0.05, 0.1) is 64.5 Å². The number of carbonyl (C=O) groups is 2. The largest absolute Gasteiger partial charge is 0.499 e. The summed E-state index contributed by atoms with van der Waals surface area (Å²) in [6, 6.07) is 22.9. The molecule has 4 aliphatic heterocycles. The molecule has 4 aliphatic rings. The van der Waals surface area contributed by atoms with Crippen LogP contribution in [0.25, 0.3) is 0 Å². The van der Waals surface area contributed by atoms with Crippen molar-refractivity contribution in [3.63, 3.8) is 0 Å². The van der Waals surface area contributed by atoms with Crippen molar-refractivity contribution in [1.82, 2.24) is 0 Å². The second-order valence-corrected chi connectivity index (χ2v) is 15.3. The van der Waals surface area contributed by atoms with Crippen LogP contribution in [0, 0.1) is 17.0 Å². The molecule has 9 rings (SSSR count). The molecule has 0 bridgehead atoms. The van der Waals surface area contributed by atoms with Gasteiger partial charge in [-0.25, -0.2) is 0 Å². The molecule has 4 heterocycles. The molecule has 0 spiro atoms. The van der Waals surface area contributed by atoms with Gasteiger partial charge < -0.3 is 29.2 Å². The summed E-state index contributed by atoms with van der Waals surface area (Å²) in [4.78, 5) is 47.7. The summed E-state index contributed by atoms with van der Waals surface area (Å²) in [7, 11) is 29.2. The molecule has 2 amide bonds. The third-order valence-corrected chi connectivity index (χ3v) is 11.3. The zero-order valence-electron chi connectivity index (χ0n) is 32.8. The number of rotatable bonds is 9. The molecule has 0 aromatic heterocycles. The maximum absolute atomic E-state index is 14.0. The van der Waals surface area contributed by atoms with Crippen LogP contribution in [0.5, 0.6) is 23.0 Å². The second-order valence-electron chi connectivity index (χ2n) is 15.3. The van der Waals surface area contributed by atoms with E-state index in [1.165, 1.54) is 38.5 Å². The Labute approximate surface area is 350 Å². The molecule has 13 nitrogen and oxygen atoms in total. The van der Waals surface area contributed by atoms with Gasteiger partial charge in [0.15, 0.2) is 23.0 Å². The first-order valence-electron chi connectivity index (χ1n) is 19.1. The van der Waals surface area contributed by atoms with Crippen LogP contribution >= 0.6 is 0 Å². The van der Waals surface area contributed by atoms with Gasteiger partial charge in [0.1, 0.15) is 31.4 Å². The molecule has 5 aromatic carbocycles. The van der Waals surface area contributed by atoms with Crippen molar-refractivity contribution in [2.24, 2.45) is 4.99 Å². The number of benzene rings is 5. The Morgan fingerprint density at radius 2 is 1.38 bits per heavy atom. The second kappa shape index (κ2) is 14.3. The lowest BCUT2D eigenvalue weighted by atomic mass is 9.57. The molecule has 0 unspecified atom stereocenters. The predicted octanol–water partition coefficient (Wildman–Crippen LogP) is 5.26. The van der Waals surface area contributed by atoms with E-state index < -0.39 is 21.4 Å². The average Bonchev–Trinajstić information content (AvgIpc) is 3.70. The molecule has 8 radical (unpaired) electrons. The van der Waals surface area contributed by atoms with E-state index in [2.05, 4.69) is 16.4 Å². The summed E-state index contributed by atoms with van der Waals surface area (Å²) in [5.41, 5.74) is 5.53. The van der Waals surface area contributed by atoms with Gasteiger partial charge in [0.2, 0.25) is 0 Å². The summed E-state index contributed by atoms with van der Waals surface area (Å²) in [5.74, 6) is -0.223. The normalized spacial score (nSPS) is 17.5. The number of hydrogen-bond donors (Lipinski definition) is 1. The quantitative estimate of drug-likeness (QED) is 0.120. The number of non-ortho nitro benzene ring substituents is 1. The lowest BCUT2D eigenvalue weighted by molar-refractivity contribution is -0.385. The fourth-order valence-corrected chi connectivity index (χ4v) is 8.38. The third-order valence-electron chi connectivity index (χ3n) is 11.3. The number of amides is 2. The Bertz CT molecular complexity index is 2690. The Hall–Kier alpha value is -6.63. The van der Waals surface area contributed by atoms with Crippen LogP contribution in [-0.4, -0.2) is 87.2 Å². The summed E-state index contributed by atoms with van der Waals surface area (Å²) >= 11 is 0. The van der Waals surface area contributed by atoms with Crippen molar-refractivity contribution < 1.29 is 33.5 Å². The van der Waals surface area contributed by atoms with Crippen molar-refractivity contribution in [1.29, 1.82) is 0 Å². The molecule has 5 aromatic rings. The fourth-order valence-electron chi connectivity index (χ4n) is 8.38. The van der Waals surface area contributed by atoms with Crippen LogP contribution in [-0.2, 0) is 23.6 Å². The Morgan fingerprint density at radius 3 is 2.07 bits per heavy atom. The Morgan fingerprint density at radius 1 is 0.750 bits per heavy atom. The van der Waals surface area contributed by atoms with E-state index in [-0.39, 0.29) is 69.3 Å². The highest BCUT2D eigenvalue weighted by molar-refractivity contribution is 6.40. The summed E-state index contributed by atoms with van der Waals surface area (Å²) < 4.78 is 23.6. The van der Waals surface area contributed by atoms with E-state index in [1.54, 1.807) is 22.1 Å². The lowest BCUT2D eigenvalue weighted by Gasteiger charge is -2.33. The van der Waals surface area contributed by atoms with Crippen molar-refractivity contribution in [2.45, 2.75) is 42.6 Å².